The lowest BCUT2D eigenvalue weighted by atomic mass is 9.67. The summed E-state index contributed by atoms with van der Waals surface area (Å²) >= 11 is 0. The molecule has 104 valence electrons. The third-order valence-electron chi connectivity index (χ3n) is 5.62. The van der Waals surface area contributed by atoms with Crippen molar-refractivity contribution in [1.29, 1.82) is 0 Å². The van der Waals surface area contributed by atoms with Gasteiger partial charge in [-0.25, -0.2) is 0 Å². The highest BCUT2D eigenvalue weighted by atomic mass is 16.3. The zero-order chi connectivity index (χ0) is 14.2. The standard InChI is InChI=1S/C15H21NO3/c1-8-10-9(6-13(2,7-17)11(10)16)12(18)14(3,19)15(8)4-5-15/h6,11,17,19H,4-5,7,16H2,1-3H3/t11-,13-,14?/m0/s1. The fourth-order valence-electron chi connectivity index (χ4n) is 3.85. The Morgan fingerprint density at radius 3 is 2.47 bits per heavy atom. The molecule has 1 unspecified atom stereocenters. The van der Waals surface area contributed by atoms with Crippen LogP contribution >= 0.6 is 0 Å². The smallest absolute Gasteiger partial charge is 0.194 e. The normalized spacial score (nSPS) is 43.6. The number of hydrogen-bond acceptors (Lipinski definition) is 4. The van der Waals surface area contributed by atoms with E-state index in [-0.39, 0.29) is 18.4 Å². The Kier molecular flexibility index (Phi) is 2.31. The van der Waals surface area contributed by atoms with Crippen molar-refractivity contribution in [2.45, 2.75) is 45.3 Å². The summed E-state index contributed by atoms with van der Waals surface area (Å²) in [5.41, 5.74) is 6.29. The third-order valence-corrected chi connectivity index (χ3v) is 5.62. The Hall–Kier alpha value is -0.970. The van der Waals surface area contributed by atoms with Gasteiger partial charge in [0.15, 0.2) is 5.78 Å². The van der Waals surface area contributed by atoms with Crippen LogP contribution in [-0.2, 0) is 4.79 Å². The molecule has 0 aromatic carbocycles. The molecule has 3 rings (SSSR count). The summed E-state index contributed by atoms with van der Waals surface area (Å²) in [4.78, 5) is 12.6. The van der Waals surface area contributed by atoms with Gasteiger partial charge in [0.05, 0.1) is 6.61 Å². The maximum absolute atomic E-state index is 12.6. The Morgan fingerprint density at radius 2 is 2.00 bits per heavy atom. The molecule has 3 aliphatic carbocycles. The topological polar surface area (TPSA) is 83.5 Å². The monoisotopic (exact) mass is 263 g/mol. The zero-order valence-corrected chi connectivity index (χ0v) is 11.7. The maximum atomic E-state index is 12.6. The zero-order valence-electron chi connectivity index (χ0n) is 11.7. The number of Topliss-reactive ketones (excluding diaryl/α,β-unsaturated/α-hetero) is 1. The molecule has 0 amide bonds. The second-order valence-corrected chi connectivity index (χ2v) is 6.72. The molecular formula is C15H21NO3. The Balaban J connectivity index is 2.25. The van der Waals surface area contributed by atoms with Crippen LogP contribution < -0.4 is 5.73 Å². The summed E-state index contributed by atoms with van der Waals surface area (Å²) in [5.74, 6) is -0.238. The quantitative estimate of drug-likeness (QED) is 0.649. The minimum Gasteiger partial charge on any atom is -0.395 e. The fourth-order valence-corrected chi connectivity index (χ4v) is 3.85. The van der Waals surface area contributed by atoms with E-state index in [0.29, 0.717) is 5.57 Å². The number of nitrogens with two attached hydrogens (primary N) is 1. The molecule has 4 N–H and O–H groups in total. The van der Waals surface area contributed by atoms with E-state index in [1.165, 1.54) is 0 Å². The molecule has 1 spiro atoms. The first-order chi connectivity index (χ1) is 8.71. The van der Waals surface area contributed by atoms with Gasteiger partial charge in [-0.2, -0.15) is 0 Å². The Morgan fingerprint density at radius 1 is 1.42 bits per heavy atom. The van der Waals surface area contributed by atoms with Gasteiger partial charge in [-0.05, 0) is 32.3 Å². The Labute approximate surface area is 113 Å². The summed E-state index contributed by atoms with van der Waals surface area (Å²) in [5, 5.41) is 20.2. The number of aliphatic hydroxyl groups excluding tert-OH is 1. The summed E-state index contributed by atoms with van der Waals surface area (Å²) in [6.45, 7) is 5.34. The van der Waals surface area contributed by atoms with Crippen LogP contribution in [0, 0.1) is 10.8 Å². The molecule has 3 atom stereocenters. The highest BCUT2D eigenvalue weighted by molar-refractivity contribution is 6.09. The Bertz CT molecular complexity index is 540. The number of hydrogen-bond donors (Lipinski definition) is 3. The van der Waals surface area contributed by atoms with E-state index in [2.05, 4.69) is 0 Å². The van der Waals surface area contributed by atoms with Crippen molar-refractivity contribution < 1.29 is 15.0 Å². The number of rotatable bonds is 1. The summed E-state index contributed by atoms with van der Waals surface area (Å²) < 4.78 is 0. The van der Waals surface area contributed by atoms with E-state index in [0.717, 1.165) is 24.0 Å². The predicted octanol–water partition coefficient (Wildman–Crippen LogP) is 0.683. The number of carbonyl (C=O) groups excluding carboxylic acids is 1. The van der Waals surface area contributed by atoms with Gasteiger partial charge < -0.3 is 15.9 Å². The van der Waals surface area contributed by atoms with Crippen LogP contribution in [0.1, 0.15) is 33.6 Å². The predicted molar refractivity (Wildman–Crippen MR) is 71.2 cm³/mol. The lowest BCUT2D eigenvalue weighted by Crippen LogP contribution is -2.50. The molecule has 3 aliphatic rings. The van der Waals surface area contributed by atoms with Crippen LogP contribution in [0.3, 0.4) is 0 Å². The third kappa shape index (κ3) is 1.27. The van der Waals surface area contributed by atoms with E-state index in [1.54, 1.807) is 13.0 Å². The van der Waals surface area contributed by atoms with E-state index in [4.69, 9.17) is 5.73 Å². The largest absolute Gasteiger partial charge is 0.395 e. The van der Waals surface area contributed by atoms with Gasteiger partial charge in [0.1, 0.15) is 5.60 Å². The molecule has 4 nitrogen and oxygen atoms in total. The molecule has 4 heteroatoms. The average molecular weight is 263 g/mol. The molecule has 0 radical (unpaired) electrons. The van der Waals surface area contributed by atoms with Crippen molar-refractivity contribution in [1.82, 2.24) is 0 Å². The second kappa shape index (κ2) is 3.37. The van der Waals surface area contributed by atoms with Gasteiger partial charge in [0.2, 0.25) is 0 Å². The number of fused-ring (bicyclic) bond motifs is 1. The van der Waals surface area contributed by atoms with Crippen molar-refractivity contribution in [3.63, 3.8) is 0 Å². The molecule has 0 saturated heterocycles. The van der Waals surface area contributed by atoms with Crippen molar-refractivity contribution >= 4 is 5.78 Å². The van der Waals surface area contributed by atoms with Crippen molar-refractivity contribution in [3.8, 4) is 0 Å². The van der Waals surface area contributed by atoms with E-state index < -0.39 is 16.4 Å². The van der Waals surface area contributed by atoms with Gasteiger partial charge in [-0.1, -0.05) is 18.6 Å². The molecule has 0 aliphatic heterocycles. The minimum atomic E-state index is -1.34. The molecule has 0 heterocycles. The minimum absolute atomic E-state index is 0.100. The van der Waals surface area contributed by atoms with E-state index in [9.17, 15) is 15.0 Å². The molecule has 0 bridgehead atoms. The lowest BCUT2D eigenvalue weighted by Gasteiger charge is -2.40. The summed E-state index contributed by atoms with van der Waals surface area (Å²) in [7, 11) is 0. The molecule has 19 heavy (non-hydrogen) atoms. The van der Waals surface area contributed by atoms with Crippen molar-refractivity contribution in [2.75, 3.05) is 6.61 Å². The van der Waals surface area contributed by atoms with Gasteiger partial charge >= 0.3 is 0 Å². The summed E-state index contributed by atoms with van der Waals surface area (Å²) in [6, 6.07) is -0.370. The fraction of sp³-hybridized carbons (Fsp3) is 0.667. The number of aliphatic hydroxyl groups is 2. The van der Waals surface area contributed by atoms with Gasteiger partial charge in [0.25, 0.3) is 0 Å². The molecule has 1 fully saturated rings. The SMILES string of the molecule is CC1=C2C(=C[C@@](C)(CO)[C@H]2N)C(=O)C(C)(O)C12CC2. The van der Waals surface area contributed by atoms with Crippen molar-refractivity contribution in [2.24, 2.45) is 16.6 Å². The first kappa shape index (κ1) is 13.0. The lowest BCUT2D eigenvalue weighted by molar-refractivity contribution is -0.137. The number of ketones is 1. The molecule has 1 saturated carbocycles. The average Bonchev–Trinajstić information content (AvgIpc) is 3.12. The first-order valence-corrected chi connectivity index (χ1v) is 6.79. The van der Waals surface area contributed by atoms with Crippen LogP contribution in [-0.4, -0.2) is 34.2 Å². The molecule has 0 aromatic heterocycles. The highest BCUT2D eigenvalue weighted by Crippen LogP contribution is 2.65. The highest BCUT2D eigenvalue weighted by Gasteiger charge is 2.66. The van der Waals surface area contributed by atoms with E-state index in [1.807, 2.05) is 13.8 Å². The van der Waals surface area contributed by atoms with E-state index >= 15 is 0 Å². The van der Waals surface area contributed by atoms with Crippen LogP contribution in [0.4, 0.5) is 0 Å². The van der Waals surface area contributed by atoms with Crippen molar-refractivity contribution in [3.05, 3.63) is 22.8 Å². The molecular weight excluding hydrogens is 242 g/mol. The number of carbonyl (C=O) groups is 1. The van der Waals surface area contributed by atoms with Crippen LogP contribution in [0.5, 0.6) is 0 Å². The van der Waals surface area contributed by atoms with Crippen LogP contribution in [0.2, 0.25) is 0 Å². The first-order valence-electron chi connectivity index (χ1n) is 6.79. The van der Waals surface area contributed by atoms with Crippen LogP contribution in [0.25, 0.3) is 0 Å². The molecule has 0 aromatic rings. The summed E-state index contributed by atoms with van der Waals surface area (Å²) in [6.07, 6.45) is 3.41. The second-order valence-electron chi connectivity index (χ2n) is 6.72. The maximum Gasteiger partial charge on any atom is 0.194 e. The van der Waals surface area contributed by atoms with Gasteiger partial charge in [-0.15, -0.1) is 0 Å². The van der Waals surface area contributed by atoms with Crippen LogP contribution in [0.15, 0.2) is 22.8 Å². The van der Waals surface area contributed by atoms with Gasteiger partial charge in [0, 0.05) is 22.4 Å². The van der Waals surface area contributed by atoms with Gasteiger partial charge in [-0.3, -0.25) is 4.79 Å².